The summed E-state index contributed by atoms with van der Waals surface area (Å²) < 4.78 is 0. The van der Waals surface area contributed by atoms with E-state index in [9.17, 15) is 10.2 Å². The molecule has 0 fully saturated rings. The van der Waals surface area contributed by atoms with Gasteiger partial charge in [0.1, 0.15) is 0 Å². The van der Waals surface area contributed by atoms with Gasteiger partial charge < -0.3 is 20.9 Å². The first-order valence-electron chi connectivity index (χ1n) is 9.48. The maximum atomic E-state index is 9.26. The second-order valence-corrected chi connectivity index (χ2v) is 7.56. The molecule has 5 N–H and O–H groups in total. The van der Waals surface area contributed by atoms with Gasteiger partial charge in [0.05, 0.1) is 37.0 Å². The number of aryl methyl sites for hydroxylation is 1. The van der Waals surface area contributed by atoms with Crippen LogP contribution < -0.4 is 5.73 Å². The lowest BCUT2D eigenvalue weighted by Gasteiger charge is -2.24. The van der Waals surface area contributed by atoms with Gasteiger partial charge in [-0.05, 0) is 48.2 Å². The lowest BCUT2D eigenvalue weighted by Crippen LogP contribution is -2.47. The van der Waals surface area contributed by atoms with Crippen LogP contribution >= 0.6 is 11.8 Å². The van der Waals surface area contributed by atoms with Gasteiger partial charge in [-0.1, -0.05) is 49.9 Å². The van der Waals surface area contributed by atoms with Crippen LogP contribution in [0.3, 0.4) is 0 Å². The first kappa shape index (κ1) is 22.2. The molecule has 0 saturated heterocycles. The predicted octanol–water partition coefficient (Wildman–Crippen LogP) is 3.87. The summed E-state index contributed by atoms with van der Waals surface area (Å²) in [6, 6.07) is 16.6. The zero-order valence-corrected chi connectivity index (χ0v) is 17.2. The Labute approximate surface area is 171 Å². The zero-order valence-electron chi connectivity index (χ0n) is 16.4. The number of aromatic amines is 1. The van der Waals surface area contributed by atoms with E-state index >= 15 is 0 Å². The molecule has 0 bridgehead atoms. The second kappa shape index (κ2) is 11.0. The van der Waals surface area contributed by atoms with Crippen molar-refractivity contribution in [2.75, 3.05) is 13.2 Å². The molecule has 0 spiro atoms. The molecule has 5 nitrogen and oxygen atoms in total. The average molecular weight is 400 g/mol. The molecule has 0 unspecified atom stereocenters. The highest BCUT2D eigenvalue weighted by atomic mass is 32.2. The Balaban J connectivity index is 0.00000136. The number of imidazole rings is 1. The fourth-order valence-corrected chi connectivity index (χ4v) is 3.39. The predicted molar refractivity (Wildman–Crippen MR) is 115 cm³/mol. The molecule has 2 aromatic carbocycles. The molecule has 0 saturated carbocycles. The largest absolute Gasteiger partial charge is 0.394 e. The van der Waals surface area contributed by atoms with Gasteiger partial charge in [0.25, 0.3) is 0 Å². The molecular formula is C22H29N3O2S. The van der Waals surface area contributed by atoms with Crippen LogP contribution in [0.5, 0.6) is 0 Å². The van der Waals surface area contributed by atoms with Crippen LogP contribution in [0.2, 0.25) is 0 Å². The molecule has 0 aliphatic rings. The summed E-state index contributed by atoms with van der Waals surface area (Å²) in [5.74, 6) is 0. The first-order chi connectivity index (χ1) is 13.6. The second-order valence-electron chi connectivity index (χ2n) is 6.41. The minimum atomic E-state index is -0.913. The summed E-state index contributed by atoms with van der Waals surface area (Å²) in [6.45, 7) is 3.57. The molecule has 0 atom stereocenters. The van der Waals surface area contributed by atoms with Crippen molar-refractivity contribution < 1.29 is 10.2 Å². The third-order valence-corrected chi connectivity index (χ3v) is 5.38. The number of benzene rings is 2. The summed E-state index contributed by atoms with van der Waals surface area (Å²) in [7, 11) is 0. The zero-order chi connectivity index (χ0) is 20.4. The molecule has 28 heavy (non-hydrogen) atoms. The number of nitrogens with two attached hydrogens (primary N) is 1. The third-order valence-electron chi connectivity index (χ3n) is 4.36. The van der Waals surface area contributed by atoms with E-state index in [1.54, 1.807) is 18.1 Å². The number of H-pyrrole nitrogens is 1. The van der Waals surface area contributed by atoms with E-state index in [0.717, 1.165) is 28.1 Å². The van der Waals surface area contributed by atoms with Crippen LogP contribution in [0.25, 0.3) is 11.3 Å². The van der Waals surface area contributed by atoms with Crippen molar-refractivity contribution in [2.24, 2.45) is 5.73 Å². The van der Waals surface area contributed by atoms with E-state index in [1.165, 1.54) is 4.90 Å². The molecule has 0 aliphatic heterocycles. The third kappa shape index (κ3) is 6.21. The summed E-state index contributed by atoms with van der Waals surface area (Å²) >= 11 is 1.70. The minimum absolute atomic E-state index is 0.216. The van der Waals surface area contributed by atoms with Crippen LogP contribution in [0, 0.1) is 0 Å². The number of aliphatic hydroxyl groups is 2. The van der Waals surface area contributed by atoms with Gasteiger partial charge in [-0.25, -0.2) is 4.98 Å². The molecule has 1 heterocycles. The maximum absolute atomic E-state index is 9.26. The number of aromatic nitrogens is 2. The van der Waals surface area contributed by atoms with Crippen molar-refractivity contribution in [3.05, 3.63) is 66.6 Å². The van der Waals surface area contributed by atoms with E-state index < -0.39 is 5.54 Å². The Hall–Kier alpha value is -2.12. The van der Waals surface area contributed by atoms with Crippen molar-refractivity contribution in [2.45, 2.75) is 42.0 Å². The van der Waals surface area contributed by atoms with Gasteiger partial charge in [0.2, 0.25) is 0 Å². The minimum Gasteiger partial charge on any atom is -0.394 e. The number of hydrogen-bond donors (Lipinski definition) is 4. The van der Waals surface area contributed by atoms with Crippen LogP contribution in [0.15, 0.2) is 70.8 Å². The molecule has 150 valence electrons. The number of nitrogens with one attached hydrogen (secondary N) is 1. The SMILES string of the molecule is CC.NC(CO)(CO)CCc1ccc(Sc2ccc(-c3cnc[nH]3)cc2)cc1. The molecule has 3 rings (SSSR count). The topological polar surface area (TPSA) is 95.2 Å². The highest BCUT2D eigenvalue weighted by molar-refractivity contribution is 7.99. The Morgan fingerprint density at radius 3 is 2.04 bits per heavy atom. The van der Waals surface area contributed by atoms with Gasteiger partial charge in [-0.2, -0.15) is 0 Å². The van der Waals surface area contributed by atoms with Crippen molar-refractivity contribution in [1.29, 1.82) is 0 Å². The van der Waals surface area contributed by atoms with Crippen LogP contribution in [0.4, 0.5) is 0 Å². The summed E-state index contributed by atoms with van der Waals surface area (Å²) in [4.78, 5) is 9.47. The fraction of sp³-hybridized carbons (Fsp3) is 0.318. The normalized spacial score (nSPS) is 11.0. The smallest absolute Gasteiger partial charge is 0.0924 e. The van der Waals surface area contributed by atoms with E-state index in [0.29, 0.717) is 6.42 Å². The van der Waals surface area contributed by atoms with Gasteiger partial charge in [0.15, 0.2) is 0 Å². The van der Waals surface area contributed by atoms with Crippen molar-refractivity contribution in [1.82, 2.24) is 9.97 Å². The number of rotatable bonds is 8. The molecule has 0 amide bonds. The van der Waals surface area contributed by atoms with Gasteiger partial charge >= 0.3 is 0 Å². The Morgan fingerprint density at radius 1 is 0.964 bits per heavy atom. The highest BCUT2D eigenvalue weighted by Gasteiger charge is 2.22. The summed E-state index contributed by atoms with van der Waals surface area (Å²) in [5, 5.41) is 18.5. The first-order valence-corrected chi connectivity index (χ1v) is 10.3. The molecule has 1 aromatic heterocycles. The summed E-state index contributed by atoms with van der Waals surface area (Å²) in [6.07, 6.45) is 4.75. The van der Waals surface area contributed by atoms with Crippen LogP contribution in [-0.2, 0) is 6.42 Å². The molecule has 0 radical (unpaired) electrons. The quantitative estimate of drug-likeness (QED) is 0.461. The maximum Gasteiger partial charge on any atom is 0.0924 e. The Morgan fingerprint density at radius 2 is 1.54 bits per heavy atom. The van der Waals surface area contributed by atoms with Crippen molar-refractivity contribution in [3.8, 4) is 11.3 Å². The van der Waals surface area contributed by atoms with Gasteiger partial charge in [-0.15, -0.1) is 0 Å². The fourth-order valence-electron chi connectivity index (χ4n) is 2.58. The van der Waals surface area contributed by atoms with Crippen LogP contribution in [0.1, 0.15) is 25.8 Å². The van der Waals surface area contributed by atoms with Crippen LogP contribution in [-0.4, -0.2) is 38.9 Å². The molecule has 3 aromatic rings. The van der Waals surface area contributed by atoms with E-state index in [-0.39, 0.29) is 13.2 Å². The van der Waals surface area contributed by atoms with E-state index in [1.807, 2.05) is 20.0 Å². The lowest BCUT2D eigenvalue weighted by atomic mass is 9.94. The average Bonchev–Trinajstić information content (AvgIpc) is 3.30. The highest BCUT2D eigenvalue weighted by Crippen LogP contribution is 2.29. The van der Waals surface area contributed by atoms with Gasteiger partial charge in [0, 0.05) is 9.79 Å². The monoisotopic (exact) mass is 399 g/mol. The number of aliphatic hydroxyl groups excluding tert-OH is 2. The van der Waals surface area contributed by atoms with Crippen molar-refractivity contribution >= 4 is 11.8 Å². The van der Waals surface area contributed by atoms with E-state index in [4.69, 9.17) is 5.73 Å². The number of hydrogen-bond acceptors (Lipinski definition) is 5. The lowest BCUT2D eigenvalue weighted by molar-refractivity contribution is 0.115. The standard InChI is InChI=1S/C20H23N3O2S.C2H6/c21-20(12-24,13-25)10-9-15-1-5-17(6-2-15)26-18-7-3-16(4-8-18)19-11-22-14-23-19;1-2/h1-8,11,14,24-25H,9-10,12-13,21H2,(H,22,23);1-2H3. The molecule has 0 aliphatic carbocycles. The molecule has 6 heteroatoms. The summed E-state index contributed by atoms with van der Waals surface area (Å²) in [5.41, 5.74) is 8.26. The van der Waals surface area contributed by atoms with Gasteiger partial charge in [-0.3, -0.25) is 0 Å². The number of nitrogens with zero attached hydrogens (tertiary/aromatic N) is 1. The Bertz CT molecular complexity index is 799. The van der Waals surface area contributed by atoms with Crippen molar-refractivity contribution in [3.63, 3.8) is 0 Å². The molecular weight excluding hydrogens is 370 g/mol. The Kier molecular flexibility index (Phi) is 8.73. The van der Waals surface area contributed by atoms with E-state index in [2.05, 4.69) is 58.5 Å².